The lowest BCUT2D eigenvalue weighted by molar-refractivity contribution is -0.113. The number of halogens is 2. The van der Waals surface area contributed by atoms with Crippen LogP contribution in [0.1, 0.15) is 31.3 Å². The summed E-state index contributed by atoms with van der Waals surface area (Å²) in [5, 5.41) is 12.9. The van der Waals surface area contributed by atoms with Gasteiger partial charge in [0.05, 0.1) is 10.8 Å². The molecule has 3 aromatic rings. The molecule has 0 saturated carbocycles. The monoisotopic (exact) mass is 464 g/mol. The number of anilines is 1. The van der Waals surface area contributed by atoms with E-state index in [0.717, 1.165) is 12.1 Å². The van der Waals surface area contributed by atoms with Crippen molar-refractivity contribution in [2.75, 3.05) is 11.1 Å². The van der Waals surface area contributed by atoms with Gasteiger partial charge in [0.15, 0.2) is 17.1 Å². The van der Waals surface area contributed by atoms with E-state index in [2.05, 4.69) is 22.4 Å². The second kappa shape index (κ2) is 10.2. The van der Waals surface area contributed by atoms with Crippen molar-refractivity contribution in [1.29, 1.82) is 0 Å². The van der Waals surface area contributed by atoms with Crippen molar-refractivity contribution < 1.29 is 9.53 Å². The highest BCUT2D eigenvalue weighted by molar-refractivity contribution is 7.99. The van der Waals surface area contributed by atoms with Crippen molar-refractivity contribution in [1.82, 2.24) is 14.8 Å². The zero-order valence-corrected chi connectivity index (χ0v) is 19.2. The first-order valence-electron chi connectivity index (χ1n) is 9.40. The summed E-state index contributed by atoms with van der Waals surface area (Å²) in [5.74, 6) is 1.20. The van der Waals surface area contributed by atoms with Gasteiger partial charge in [-0.05, 0) is 43.2 Å². The lowest BCUT2D eigenvalue weighted by atomic mass is 10.1. The number of aryl methyl sites for hydroxylation is 1. The standard InChI is InChI=1S/C21H22Cl2N4O2S/c1-4-14-5-8-16(9-6-14)24-19(28)12-30-21-26-25-20(27(21)3)13(2)29-18-11-15(22)7-10-17(18)23/h5-11,13H,4,12H2,1-3H3,(H,24,28). The van der Waals surface area contributed by atoms with Crippen molar-refractivity contribution in [3.8, 4) is 5.75 Å². The number of carbonyl (C=O) groups excluding carboxylic acids is 1. The van der Waals surface area contributed by atoms with Crippen LogP contribution in [0.5, 0.6) is 5.75 Å². The molecule has 1 aromatic heterocycles. The number of carbonyl (C=O) groups is 1. The highest BCUT2D eigenvalue weighted by atomic mass is 35.5. The molecule has 1 amide bonds. The summed E-state index contributed by atoms with van der Waals surface area (Å²) < 4.78 is 7.70. The molecule has 0 aliphatic carbocycles. The molecule has 0 aliphatic heterocycles. The first-order valence-corrected chi connectivity index (χ1v) is 11.1. The van der Waals surface area contributed by atoms with Crippen LogP contribution in [-0.4, -0.2) is 26.4 Å². The van der Waals surface area contributed by atoms with Gasteiger partial charge in [0.1, 0.15) is 5.75 Å². The highest BCUT2D eigenvalue weighted by Crippen LogP contribution is 2.31. The van der Waals surface area contributed by atoms with E-state index in [4.69, 9.17) is 27.9 Å². The first kappa shape index (κ1) is 22.5. The zero-order valence-electron chi connectivity index (χ0n) is 16.9. The Balaban J connectivity index is 1.59. The van der Waals surface area contributed by atoms with Crippen molar-refractivity contribution in [2.45, 2.75) is 31.5 Å². The third-order valence-corrected chi connectivity index (χ3v) is 5.98. The molecule has 0 saturated heterocycles. The normalized spacial score (nSPS) is 11.9. The molecule has 1 unspecified atom stereocenters. The SMILES string of the molecule is CCc1ccc(NC(=O)CSc2nnc(C(C)Oc3cc(Cl)ccc3Cl)n2C)cc1. The summed E-state index contributed by atoms with van der Waals surface area (Å²) in [5.41, 5.74) is 2.00. The number of hydrogen-bond donors (Lipinski definition) is 1. The van der Waals surface area contributed by atoms with Gasteiger partial charge in [0.25, 0.3) is 0 Å². The summed E-state index contributed by atoms with van der Waals surface area (Å²) >= 11 is 13.5. The number of thioether (sulfide) groups is 1. The van der Waals surface area contributed by atoms with E-state index >= 15 is 0 Å². The van der Waals surface area contributed by atoms with Crippen LogP contribution in [0.3, 0.4) is 0 Å². The number of nitrogens with zero attached hydrogens (tertiary/aromatic N) is 3. The van der Waals surface area contributed by atoms with E-state index in [1.54, 1.807) is 22.8 Å². The molecule has 0 fully saturated rings. The Kier molecular flexibility index (Phi) is 7.64. The van der Waals surface area contributed by atoms with Gasteiger partial charge in [-0.1, -0.05) is 54.0 Å². The fourth-order valence-corrected chi connectivity index (χ4v) is 3.81. The topological polar surface area (TPSA) is 69.0 Å². The van der Waals surface area contributed by atoms with E-state index in [-0.39, 0.29) is 11.7 Å². The van der Waals surface area contributed by atoms with Crippen molar-refractivity contribution in [3.63, 3.8) is 0 Å². The maximum Gasteiger partial charge on any atom is 0.234 e. The average Bonchev–Trinajstić information content (AvgIpc) is 3.10. The minimum atomic E-state index is -0.404. The molecular formula is C21H22Cl2N4O2S. The van der Waals surface area contributed by atoms with Crippen LogP contribution in [0.25, 0.3) is 0 Å². The van der Waals surface area contributed by atoms with Crippen LogP contribution in [0.4, 0.5) is 5.69 Å². The minimum absolute atomic E-state index is 0.108. The summed E-state index contributed by atoms with van der Waals surface area (Å²) in [6.45, 7) is 3.94. The fourth-order valence-electron chi connectivity index (χ4n) is 2.77. The molecule has 158 valence electrons. The Morgan fingerprint density at radius 2 is 1.93 bits per heavy atom. The van der Waals surface area contributed by atoms with Crippen LogP contribution in [0.2, 0.25) is 10.0 Å². The molecule has 1 atom stereocenters. The first-order chi connectivity index (χ1) is 14.4. The Morgan fingerprint density at radius 3 is 2.63 bits per heavy atom. The van der Waals surface area contributed by atoms with E-state index < -0.39 is 6.10 Å². The predicted octanol–water partition coefficient (Wildman–Crippen LogP) is 5.56. The van der Waals surface area contributed by atoms with Crippen molar-refractivity contribution >= 4 is 46.6 Å². The van der Waals surface area contributed by atoms with E-state index in [0.29, 0.717) is 26.8 Å². The Bertz CT molecular complexity index is 1020. The predicted molar refractivity (Wildman–Crippen MR) is 122 cm³/mol. The Morgan fingerprint density at radius 1 is 1.20 bits per heavy atom. The molecule has 0 bridgehead atoms. The summed E-state index contributed by atoms with van der Waals surface area (Å²) in [7, 11) is 1.83. The average molecular weight is 465 g/mol. The van der Waals surface area contributed by atoms with Gasteiger partial charge < -0.3 is 14.6 Å². The van der Waals surface area contributed by atoms with E-state index in [1.807, 2.05) is 38.2 Å². The molecule has 2 aromatic carbocycles. The van der Waals surface area contributed by atoms with Gasteiger partial charge in [-0.25, -0.2) is 0 Å². The second-order valence-corrected chi connectivity index (χ2v) is 8.41. The number of benzene rings is 2. The number of aromatic nitrogens is 3. The smallest absolute Gasteiger partial charge is 0.234 e. The number of hydrogen-bond acceptors (Lipinski definition) is 5. The van der Waals surface area contributed by atoms with Gasteiger partial charge in [-0.15, -0.1) is 10.2 Å². The third-order valence-electron chi connectivity index (χ3n) is 4.41. The van der Waals surface area contributed by atoms with E-state index in [1.165, 1.54) is 17.3 Å². The third kappa shape index (κ3) is 5.68. The molecule has 3 rings (SSSR count). The zero-order chi connectivity index (χ0) is 21.7. The van der Waals surface area contributed by atoms with Gasteiger partial charge in [-0.2, -0.15) is 0 Å². The summed E-state index contributed by atoms with van der Waals surface area (Å²) in [6.07, 6.45) is 0.559. The maximum absolute atomic E-state index is 12.3. The molecule has 0 radical (unpaired) electrons. The van der Waals surface area contributed by atoms with Gasteiger partial charge in [0, 0.05) is 23.8 Å². The number of ether oxygens (including phenoxy) is 1. The highest BCUT2D eigenvalue weighted by Gasteiger charge is 2.19. The molecule has 9 heteroatoms. The Hall–Kier alpha value is -2.22. The van der Waals surface area contributed by atoms with Crippen LogP contribution < -0.4 is 10.1 Å². The molecule has 1 heterocycles. The molecule has 30 heavy (non-hydrogen) atoms. The molecule has 0 aliphatic rings. The van der Waals surface area contributed by atoms with Crippen LogP contribution in [0, 0.1) is 0 Å². The molecule has 0 spiro atoms. The van der Waals surface area contributed by atoms with Crippen molar-refractivity contribution in [3.05, 3.63) is 63.9 Å². The quantitative estimate of drug-likeness (QED) is 0.442. The lowest BCUT2D eigenvalue weighted by Crippen LogP contribution is -2.15. The lowest BCUT2D eigenvalue weighted by Gasteiger charge is -2.15. The Labute approximate surface area is 189 Å². The summed E-state index contributed by atoms with van der Waals surface area (Å²) in [6, 6.07) is 12.9. The van der Waals surface area contributed by atoms with Crippen molar-refractivity contribution in [2.24, 2.45) is 7.05 Å². The number of rotatable bonds is 8. The molecule has 6 nitrogen and oxygen atoms in total. The largest absolute Gasteiger partial charge is 0.481 e. The van der Waals surface area contributed by atoms with Gasteiger partial charge in [0.2, 0.25) is 5.91 Å². The van der Waals surface area contributed by atoms with Gasteiger partial charge in [-0.3, -0.25) is 4.79 Å². The van der Waals surface area contributed by atoms with Crippen LogP contribution >= 0.6 is 35.0 Å². The van der Waals surface area contributed by atoms with Crippen LogP contribution in [-0.2, 0) is 18.3 Å². The van der Waals surface area contributed by atoms with Gasteiger partial charge >= 0.3 is 0 Å². The van der Waals surface area contributed by atoms with E-state index in [9.17, 15) is 4.79 Å². The van der Waals surface area contributed by atoms with Crippen LogP contribution in [0.15, 0.2) is 47.6 Å². The fraction of sp³-hybridized carbons (Fsp3) is 0.286. The molecular weight excluding hydrogens is 443 g/mol. The molecule has 1 N–H and O–H groups in total. The number of amides is 1. The summed E-state index contributed by atoms with van der Waals surface area (Å²) in [4.78, 5) is 12.3. The maximum atomic E-state index is 12.3. The minimum Gasteiger partial charge on any atom is -0.481 e. The second-order valence-electron chi connectivity index (χ2n) is 6.62. The number of nitrogens with one attached hydrogen (secondary N) is 1.